The van der Waals surface area contributed by atoms with E-state index in [1.165, 1.54) is 32.5 Å². The number of nitrogen functional groups attached to an aromatic ring is 1. The zero-order valence-electron chi connectivity index (χ0n) is 10.8. The molecule has 5 heteroatoms. The summed E-state index contributed by atoms with van der Waals surface area (Å²) in [5, 5.41) is 3.45. The van der Waals surface area contributed by atoms with E-state index < -0.39 is 0 Å². The average Bonchev–Trinajstić information content (AvgIpc) is 2.39. The molecule has 2 rings (SSSR count). The van der Waals surface area contributed by atoms with Crippen LogP contribution in [0.15, 0.2) is 16.9 Å². The van der Waals surface area contributed by atoms with Crippen molar-refractivity contribution in [2.24, 2.45) is 5.92 Å². The Morgan fingerprint density at radius 3 is 2.78 bits per heavy atom. The van der Waals surface area contributed by atoms with Crippen LogP contribution >= 0.6 is 15.9 Å². The number of nitrogens with zero attached hydrogens (tertiary/aromatic N) is 2. The first-order valence-electron chi connectivity index (χ1n) is 6.56. The smallest absolute Gasteiger partial charge is 0.0750 e. The maximum Gasteiger partial charge on any atom is 0.0750 e. The minimum Gasteiger partial charge on any atom is -0.396 e. The fraction of sp³-hybridized carbons (Fsp3) is 0.615. The molecule has 0 spiro atoms. The Labute approximate surface area is 117 Å². The van der Waals surface area contributed by atoms with Gasteiger partial charge in [0, 0.05) is 12.7 Å². The fourth-order valence-electron chi connectivity index (χ4n) is 2.39. The highest BCUT2D eigenvalue weighted by atomic mass is 79.9. The second-order valence-corrected chi connectivity index (χ2v) is 5.70. The normalized spacial score (nSPS) is 17.9. The van der Waals surface area contributed by atoms with Crippen LogP contribution in [0.4, 0.5) is 11.4 Å². The van der Waals surface area contributed by atoms with Crippen molar-refractivity contribution in [3.8, 4) is 0 Å². The molecule has 1 aromatic rings. The minimum atomic E-state index is 0.704. The molecule has 1 aromatic heterocycles. The molecule has 0 amide bonds. The lowest BCUT2D eigenvalue weighted by Crippen LogP contribution is -2.35. The van der Waals surface area contributed by atoms with Gasteiger partial charge in [0.15, 0.2) is 0 Å². The van der Waals surface area contributed by atoms with E-state index in [1.807, 2.05) is 0 Å². The molecule has 1 saturated heterocycles. The number of pyridine rings is 1. The van der Waals surface area contributed by atoms with Gasteiger partial charge >= 0.3 is 0 Å². The molecule has 1 aliphatic rings. The lowest BCUT2D eigenvalue weighted by atomic mass is 9.97. The van der Waals surface area contributed by atoms with Crippen LogP contribution < -0.4 is 11.1 Å². The van der Waals surface area contributed by atoms with E-state index in [0.29, 0.717) is 5.69 Å². The van der Waals surface area contributed by atoms with Gasteiger partial charge in [-0.05, 0) is 54.3 Å². The van der Waals surface area contributed by atoms with E-state index in [4.69, 9.17) is 5.73 Å². The number of aromatic nitrogens is 1. The highest BCUT2D eigenvalue weighted by Crippen LogP contribution is 2.28. The number of anilines is 2. The highest BCUT2D eigenvalue weighted by molar-refractivity contribution is 9.10. The largest absolute Gasteiger partial charge is 0.396 e. The van der Waals surface area contributed by atoms with Gasteiger partial charge in [0.1, 0.15) is 0 Å². The topological polar surface area (TPSA) is 54.2 Å². The first kappa shape index (κ1) is 13.6. The fourth-order valence-corrected chi connectivity index (χ4v) is 2.88. The Bertz CT molecular complexity index is 368. The van der Waals surface area contributed by atoms with Gasteiger partial charge in [-0.1, -0.05) is 6.92 Å². The summed E-state index contributed by atoms with van der Waals surface area (Å²) in [5.41, 5.74) is 7.60. The number of likely N-dealkylation sites (tertiary alicyclic amines) is 1. The van der Waals surface area contributed by atoms with Gasteiger partial charge in [-0.25, -0.2) is 0 Å². The molecule has 100 valence electrons. The molecule has 18 heavy (non-hydrogen) atoms. The molecule has 0 bridgehead atoms. The number of nitrogens with one attached hydrogen (secondary N) is 1. The predicted octanol–water partition coefficient (Wildman–Crippen LogP) is 2.57. The number of hydrogen-bond acceptors (Lipinski definition) is 4. The van der Waals surface area contributed by atoms with Crippen molar-refractivity contribution in [3.05, 3.63) is 16.9 Å². The van der Waals surface area contributed by atoms with Crippen molar-refractivity contribution in [2.45, 2.75) is 19.8 Å². The molecule has 0 aromatic carbocycles. The standard InChI is InChI=1S/C13H21BrN4/c1-2-18-5-3-10(4-6-18)7-17-13-11(14)8-16-9-12(13)15/h8-10H,2-7,15H2,1H3,(H,16,17). The van der Waals surface area contributed by atoms with Gasteiger partial charge in [-0.2, -0.15) is 0 Å². The van der Waals surface area contributed by atoms with Gasteiger partial charge < -0.3 is 16.0 Å². The SMILES string of the molecule is CCN1CCC(CNc2c(N)cncc2Br)CC1. The molecule has 0 saturated carbocycles. The molecular formula is C13H21BrN4. The number of hydrogen-bond donors (Lipinski definition) is 2. The number of nitrogens with two attached hydrogens (primary N) is 1. The quantitative estimate of drug-likeness (QED) is 0.897. The monoisotopic (exact) mass is 312 g/mol. The predicted molar refractivity (Wildman–Crippen MR) is 79.7 cm³/mol. The molecule has 2 heterocycles. The molecule has 1 aliphatic heterocycles. The van der Waals surface area contributed by atoms with E-state index in [9.17, 15) is 0 Å². The Morgan fingerprint density at radius 2 is 2.17 bits per heavy atom. The van der Waals surface area contributed by atoms with Gasteiger partial charge in [-0.3, -0.25) is 4.98 Å². The molecule has 4 nitrogen and oxygen atoms in total. The van der Waals surface area contributed by atoms with Crippen molar-refractivity contribution < 1.29 is 0 Å². The molecule has 3 N–H and O–H groups in total. The van der Waals surface area contributed by atoms with E-state index in [2.05, 4.69) is 38.1 Å². The summed E-state index contributed by atoms with van der Waals surface area (Å²) in [6.45, 7) is 6.83. The molecule has 1 fully saturated rings. The average molecular weight is 313 g/mol. The van der Waals surface area contributed by atoms with Crippen LogP contribution in [-0.4, -0.2) is 36.1 Å². The number of rotatable bonds is 4. The number of halogens is 1. The Morgan fingerprint density at radius 1 is 1.44 bits per heavy atom. The summed E-state index contributed by atoms with van der Waals surface area (Å²) in [7, 11) is 0. The van der Waals surface area contributed by atoms with Crippen LogP contribution in [0, 0.1) is 5.92 Å². The van der Waals surface area contributed by atoms with Crippen molar-refractivity contribution in [1.29, 1.82) is 0 Å². The minimum absolute atomic E-state index is 0.704. The first-order valence-corrected chi connectivity index (χ1v) is 7.35. The van der Waals surface area contributed by atoms with Crippen LogP contribution in [-0.2, 0) is 0 Å². The summed E-state index contributed by atoms with van der Waals surface area (Å²) >= 11 is 3.48. The summed E-state index contributed by atoms with van der Waals surface area (Å²) in [6, 6.07) is 0. The second-order valence-electron chi connectivity index (χ2n) is 4.84. The summed E-state index contributed by atoms with van der Waals surface area (Å²) in [5.74, 6) is 0.743. The molecule has 0 unspecified atom stereocenters. The van der Waals surface area contributed by atoms with Crippen molar-refractivity contribution >= 4 is 27.3 Å². The lowest BCUT2D eigenvalue weighted by Gasteiger charge is -2.31. The van der Waals surface area contributed by atoms with Crippen LogP contribution in [0.1, 0.15) is 19.8 Å². The number of piperidine rings is 1. The maximum absolute atomic E-state index is 5.92. The molecule has 0 atom stereocenters. The molecular weight excluding hydrogens is 292 g/mol. The van der Waals surface area contributed by atoms with Crippen molar-refractivity contribution in [2.75, 3.05) is 37.2 Å². The maximum atomic E-state index is 5.92. The summed E-state index contributed by atoms with van der Waals surface area (Å²) in [6.07, 6.45) is 6.00. The van der Waals surface area contributed by atoms with Crippen molar-refractivity contribution in [3.63, 3.8) is 0 Å². The van der Waals surface area contributed by atoms with E-state index in [0.717, 1.165) is 22.6 Å². The Hall–Kier alpha value is -0.810. The van der Waals surface area contributed by atoms with Crippen molar-refractivity contribution in [1.82, 2.24) is 9.88 Å². The van der Waals surface area contributed by atoms with Crippen LogP contribution in [0.2, 0.25) is 0 Å². The summed E-state index contributed by atoms with van der Waals surface area (Å²) in [4.78, 5) is 6.55. The Balaban J connectivity index is 1.85. The van der Waals surface area contributed by atoms with Crippen LogP contribution in [0.3, 0.4) is 0 Å². The first-order chi connectivity index (χ1) is 8.70. The van der Waals surface area contributed by atoms with Crippen LogP contribution in [0.25, 0.3) is 0 Å². The van der Waals surface area contributed by atoms with E-state index in [-0.39, 0.29) is 0 Å². The third kappa shape index (κ3) is 3.36. The van der Waals surface area contributed by atoms with Gasteiger partial charge in [0.05, 0.1) is 22.0 Å². The highest BCUT2D eigenvalue weighted by Gasteiger charge is 2.18. The second kappa shape index (κ2) is 6.38. The third-order valence-electron chi connectivity index (χ3n) is 3.65. The Kier molecular flexibility index (Phi) is 4.83. The van der Waals surface area contributed by atoms with Gasteiger partial charge in [-0.15, -0.1) is 0 Å². The summed E-state index contributed by atoms with van der Waals surface area (Å²) < 4.78 is 0.938. The van der Waals surface area contributed by atoms with Gasteiger partial charge in [0.25, 0.3) is 0 Å². The zero-order chi connectivity index (χ0) is 13.0. The molecule has 0 radical (unpaired) electrons. The third-order valence-corrected chi connectivity index (χ3v) is 4.25. The lowest BCUT2D eigenvalue weighted by molar-refractivity contribution is 0.198. The van der Waals surface area contributed by atoms with Crippen LogP contribution in [0.5, 0.6) is 0 Å². The molecule has 0 aliphatic carbocycles. The van der Waals surface area contributed by atoms with Gasteiger partial charge in [0.2, 0.25) is 0 Å². The zero-order valence-corrected chi connectivity index (χ0v) is 12.4. The van der Waals surface area contributed by atoms with E-state index >= 15 is 0 Å². The van der Waals surface area contributed by atoms with E-state index in [1.54, 1.807) is 12.4 Å².